The second-order valence-corrected chi connectivity index (χ2v) is 6.02. The largest absolute Gasteiger partial charge is 0.264 e. The van der Waals surface area contributed by atoms with Crippen LogP contribution in [-0.4, -0.2) is 3.97 Å². The Bertz CT molecular complexity index is 588. The van der Waals surface area contributed by atoms with E-state index < -0.39 is 0 Å². The zero-order chi connectivity index (χ0) is 11.7. The van der Waals surface area contributed by atoms with E-state index >= 15 is 0 Å². The number of nitriles is 1. The summed E-state index contributed by atoms with van der Waals surface area (Å²) in [6.45, 7) is 2.02. The molecule has 0 aliphatic carbocycles. The van der Waals surface area contributed by atoms with Crippen molar-refractivity contribution >= 4 is 62.9 Å². The number of nitrogens with zero attached hydrogens (tertiary/aromatic N) is 2. The standard InChI is InChI=1S/C10H6ClIN2S2/c1-6-2-7-4-8(5-13)14(16-12)10(7)9(3-6)15-11/h2-4H,1H3. The number of fused-ring (bicyclic) bond motifs is 1. The van der Waals surface area contributed by atoms with Gasteiger partial charge in [-0.2, -0.15) is 5.26 Å². The van der Waals surface area contributed by atoms with E-state index in [1.54, 1.807) is 0 Å². The molecule has 0 aliphatic rings. The van der Waals surface area contributed by atoms with Gasteiger partial charge in [0.05, 0.1) is 5.52 Å². The fraction of sp³-hybridized carbons (Fsp3) is 0.100. The quantitative estimate of drug-likeness (QED) is 0.693. The molecule has 0 radical (unpaired) electrons. The molecule has 0 unspecified atom stereocenters. The topological polar surface area (TPSA) is 28.7 Å². The van der Waals surface area contributed by atoms with Crippen molar-refractivity contribution in [3.63, 3.8) is 0 Å². The highest BCUT2D eigenvalue weighted by Crippen LogP contribution is 2.37. The third-order valence-electron chi connectivity index (χ3n) is 2.23. The molecule has 0 N–H and O–H groups in total. The predicted octanol–water partition coefficient (Wildman–Crippen LogP) is 4.91. The number of hydrogen-bond donors (Lipinski definition) is 0. The van der Waals surface area contributed by atoms with Crippen molar-refractivity contribution in [2.45, 2.75) is 11.8 Å². The predicted molar refractivity (Wildman–Crippen MR) is 80.1 cm³/mol. The average Bonchev–Trinajstić information content (AvgIpc) is 2.65. The van der Waals surface area contributed by atoms with Gasteiger partial charge in [-0.1, -0.05) is 0 Å². The number of aromatic nitrogens is 1. The summed E-state index contributed by atoms with van der Waals surface area (Å²) in [4.78, 5) is 0.988. The summed E-state index contributed by atoms with van der Waals surface area (Å²) in [5.74, 6) is 0. The molecule has 0 saturated carbocycles. The lowest BCUT2D eigenvalue weighted by atomic mass is 10.2. The summed E-state index contributed by atoms with van der Waals surface area (Å²) in [5.41, 5.74) is 2.81. The molecule has 2 aromatic rings. The van der Waals surface area contributed by atoms with Gasteiger partial charge in [0.25, 0.3) is 0 Å². The second kappa shape index (κ2) is 5.08. The third-order valence-corrected chi connectivity index (χ3v) is 4.90. The minimum Gasteiger partial charge on any atom is -0.264 e. The molecule has 0 spiro atoms. The van der Waals surface area contributed by atoms with Gasteiger partial charge in [-0.3, -0.25) is 3.97 Å². The summed E-state index contributed by atoms with van der Waals surface area (Å²) in [6, 6.07) is 8.18. The lowest BCUT2D eigenvalue weighted by Crippen LogP contribution is -1.88. The number of benzene rings is 1. The van der Waals surface area contributed by atoms with Crippen LogP contribution in [0.5, 0.6) is 0 Å². The van der Waals surface area contributed by atoms with Gasteiger partial charge < -0.3 is 0 Å². The third kappa shape index (κ3) is 2.04. The maximum Gasteiger partial charge on any atom is 0.132 e. The molecule has 0 amide bonds. The molecule has 0 bridgehead atoms. The Morgan fingerprint density at radius 3 is 2.75 bits per heavy atom. The molecule has 1 heterocycles. The van der Waals surface area contributed by atoms with E-state index in [1.165, 1.54) is 20.1 Å². The number of hydrogen-bond acceptors (Lipinski definition) is 3. The highest BCUT2D eigenvalue weighted by molar-refractivity contribution is 14.2. The lowest BCUT2D eigenvalue weighted by molar-refractivity contribution is 1.26. The van der Waals surface area contributed by atoms with E-state index in [0.717, 1.165) is 21.4 Å². The van der Waals surface area contributed by atoms with Gasteiger partial charge >= 0.3 is 0 Å². The zero-order valence-electron chi connectivity index (χ0n) is 8.20. The van der Waals surface area contributed by atoms with Crippen molar-refractivity contribution in [1.29, 1.82) is 5.26 Å². The van der Waals surface area contributed by atoms with E-state index in [9.17, 15) is 0 Å². The first-order chi connectivity index (χ1) is 7.71. The van der Waals surface area contributed by atoms with Crippen LogP contribution in [0.3, 0.4) is 0 Å². The van der Waals surface area contributed by atoms with Gasteiger partial charge in [-0.25, -0.2) is 0 Å². The van der Waals surface area contributed by atoms with Crippen molar-refractivity contribution in [2.24, 2.45) is 0 Å². The van der Waals surface area contributed by atoms with E-state index in [1.807, 2.05) is 23.0 Å². The normalized spacial score (nSPS) is 10.6. The molecular weight excluding hydrogens is 375 g/mol. The Kier molecular flexibility index (Phi) is 3.95. The highest BCUT2D eigenvalue weighted by atomic mass is 127. The van der Waals surface area contributed by atoms with Crippen LogP contribution in [0.1, 0.15) is 11.3 Å². The Balaban J connectivity index is 2.88. The second-order valence-electron chi connectivity index (χ2n) is 3.28. The van der Waals surface area contributed by atoms with Gasteiger partial charge in [0.1, 0.15) is 11.8 Å². The van der Waals surface area contributed by atoms with Crippen molar-refractivity contribution in [3.8, 4) is 6.07 Å². The van der Waals surface area contributed by atoms with Gasteiger partial charge in [0.2, 0.25) is 0 Å². The highest BCUT2D eigenvalue weighted by Gasteiger charge is 2.13. The minimum atomic E-state index is 0.645. The molecular formula is C10H6ClIN2S2. The first-order valence-corrected chi connectivity index (χ1v) is 9.31. The van der Waals surface area contributed by atoms with Crippen molar-refractivity contribution in [3.05, 3.63) is 29.5 Å². The van der Waals surface area contributed by atoms with Crippen LogP contribution < -0.4 is 0 Å². The van der Waals surface area contributed by atoms with Crippen LogP contribution in [0.25, 0.3) is 10.9 Å². The average molecular weight is 381 g/mol. The number of aryl methyl sites for hydroxylation is 1. The summed E-state index contributed by atoms with van der Waals surface area (Å²) < 4.78 is 1.90. The summed E-state index contributed by atoms with van der Waals surface area (Å²) >= 11 is 2.16. The van der Waals surface area contributed by atoms with Crippen LogP contribution in [0, 0.1) is 18.3 Å². The molecule has 0 fully saturated rings. The minimum absolute atomic E-state index is 0.645. The van der Waals surface area contributed by atoms with Crippen LogP contribution in [-0.2, 0) is 0 Å². The van der Waals surface area contributed by atoms with Crippen molar-refractivity contribution in [2.75, 3.05) is 0 Å². The molecule has 16 heavy (non-hydrogen) atoms. The van der Waals surface area contributed by atoms with Crippen molar-refractivity contribution < 1.29 is 0 Å². The molecule has 2 nitrogen and oxygen atoms in total. The van der Waals surface area contributed by atoms with E-state index in [-0.39, 0.29) is 0 Å². The van der Waals surface area contributed by atoms with Gasteiger partial charge in [0, 0.05) is 40.6 Å². The first kappa shape index (κ1) is 12.4. The monoisotopic (exact) mass is 380 g/mol. The molecule has 82 valence electrons. The van der Waals surface area contributed by atoms with Gasteiger partial charge in [-0.05, 0) is 52.3 Å². The summed E-state index contributed by atoms with van der Waals surface area (Å²) in [6.07, 6.45) is 0. The Morgan fingerprint density at radius 2 is 2.19 bits per heavy atom. The SMILES string of the molecule is Cc1cc(SCl)c2c(c1)cc(C#N)n2SI. The van der Waals surface area contributed by atoms with E-state index in [2.05, 4.69) is 33.3 Å². The Labute approximate surface area is 119 Å². The smallest absolute Gasteiger partial charge is 0.132 e. The molecule has 0 atom stereocenters. The number of rotatable bonds is 2. The maximum atomic E-state index is 9.06. The molecule has 0 saturated heterocycles. The Hall–Kier alpha value is -0.0300. The maximum absolute atomic E-state index is 9.06. The van der Waals surface area contributed by atoms with Crippen LogP contribution >= 0.6 is 52.0 Å². The first-order valence-electron chi connectivity index (χ1n) is 4.35. The van der Waals surface area contributed by atoms with E-state index in [4.69, 9.17) is 15.9 Å². The summed E-state index contributed by atoms with van der Waals surface area (Å²) in [7, 11) is 8.54. The van der Waals surface area contributed by atoms with Gasteiger partial charge in [0.15, 0.2) is 0 Å². The van der Waals surface area contributed by atoms with Crippen LogP contribution in [0.15, 0.2) is 23.1 Å². The molecule has 6 heteroatoms. The van der Waals surface area contributed by atoms with Crippen LogP contribution in [0.4, 0.5) is 0 Å². The zero-order valence-corrected chi connectivity index (χ0v) is 12.7. The molecule has 0 aliphatic heterocycles. The summed E-state index contributed by atoms with van der Waals surface area (Å²) in [5, 5.41) is 10.1. The molecule has 1 aromatic carbocycles. The molecule has 2 rings (SSSR count). The Morgan fingerprint density at radius 1 is 1.44 bits per heavy atom. The molecule has 1 aromatic heterocycles. The van der Waals surface area contributed by atoms with Gasteiger partial charge in [-0.15, -0.1) is 0 Å². The number of halogens is 2. The van der Waals surface area contributed by atoms with Crippen molar-refractivity contribution in [1.82, 2.24) is 3.97 Å². The lowest BCUT2D eigenvalue weighted by Gasteiger charge is -2.04. The van der Waals surface area contributed by atoms with E-state index in [0.29, 0.717) is 5.69 Å². The fourth-order valence-corrected chi connectivity index (χ4v) is 4.23. The fourth-order valence-electron chi connectivity index (χ4n) is 1.63. The van der Waals surface area contributed by atoms with Crippen LogP contribution in [0.2, 0.25) is 0 Å².